The Morgan fingerprint density at radius 1 is 1.14 bits per heavy atom. The van der Waals surface area contributed by atoms with Crippen LogP contribution in [0.4, 0.5) is 0 Å². The quantitative estimate of drug-likeness (QED) is 0.414. The van der Waals surface area contributed by atoms with Crippen LogP contribution in [0, 0.1) is 26.7 Å². The van der Waals surface area contributed by atoms with Crippen molar-refractivity contribution in [2.75, 3.05) is 20.2 Å². The first-order valence-electron chi connectivity index (χ1n) is 12.8. The van der Waals surface area contributed by atoms with Crippen LogP contribution < -0.4 is 10.1 Å². The number of benzene rings is 1. The fourth-order valence-electron chi connectivity index (χ4n) is 5.03. The summed E-state index contributed by atoms with van der Waals surface area (Å²) in [6, 6.07) is 7.78. The van der Waals surface area contributed by atoms with Crippen molar-refractivity contribution in [3.8, 4) is 28.4 Å². The van der Waals surface area contributed by atoms with Crippen LogP contribution in [0.25, 0.3) is 22.6 Å². The molecular weight excluding hydrogens is 440 g/mol. The number of hydrogen-bond donors (Lipinski definition) is 2. The summed E-state index contributed by atoms with van der Waals surface area (Å²) in [7, 11) is 1.81. The molecule has 2 heterocycles. The summed E-state index contributed by atoms with van der Waals surface area (Å²) < 4.78 is 11.3. The van der Waals surface area contributed by atoms with E-state index >= 15 is 0 Å². The molecule has 1 aromatic carbocycles. The van der Waals surface area contributed by atoms with Gasteiger partial charge in [0.25, 0.3) is 0 Å². The highest BCUT2D eigenvalue weighted by molar-refractivity contribution is 5.70. The van der Waals surface area contributed by atoms with Crippen LogP contribution >= 0.6 is 0 Å². The van der Waals surface area contributed by atoms with Crippen LogP contribution in [0.2, 0.25) is 0 Å². The lowest BCUT2D eigenvalue weighted by Gasteiger charge is -2.22. The van der Waals surface area contributed by atoms with Crippen LogP contribution in [0.3, 0.4) is 0 Å². The van der Waals surface area contributed by atoms with Crippen molar-refractivity contribution in [1.29, 1.82) is 0 Å². The van der Waals surface area contributed by atoms with Crippen LogP contribution in [-0.2, 0) is 6.42 Å². The molecule has 1 saturated carbocycles. The largest absolute Gasteiger partial charge is 0.491 e. The number of aliphatic hydroxyl groups is 1. The molecule has 7 heteroatoms. The molecule has 1 atom stereocenters. The molecule has 3 aromatic rings. The Bertz CT molecular complexity index is 1100. The Labute approximate surface area is 208 Å². The third kappa shape index (κ3) is 6.27. The van der Waals surface area contributed by atoms with E-state index in [2.05, 4.69) is 17.4 Å². The number of nitrogens with one attached hydrogen (secondary N) is 1. The number of aryl methyl sites for hydroxylation is 3. The van der Waals surface area contributed by atoms with Crippen LogP contribution in [0.5, 0.6) is 5.75 Å². The van der Waals surface area contributed by atoms with Gasteiger partial charge in [-0.05, 0) is 64.3 Å². The van der Waals surface area contributed by atoms with Gasteiger partial charge in [-0.2, -0.15) is 0 Å². The fourth-order valence-corrected chi connectivity index (χ4v) is 5.03. The average Bonchev–Trinajstić information content (AvgIpc) is 3.20. The average molecular weight is 479 g/mol. The monoisotopic (exact) mass is 478 g/mol. The highest BCUT2D eigenvalue weighted by atomic mass is 16.5. The second-order valence-electron chi connectivity index (χ2n) is 9.76. The summed E-state index contributed by atoms with van der Waals surface area (Å²) in [5.74, 6) is 2.91. The molecule has 4 rings (SSSR count). The highest BCUT2D eigenvalue weighted by Crippen LogP contribution is 2.34. The van der Waals surface area contributed by atoms with Gasteiger partial charge in [0.15, 0.2) is 5.82 Å². The molecule has 0 spiro atoms. The number of aliphatic hydroxyl groups excluding tert-OH is 1. The number of ether oxygens (including phenoxy) is 1. The molecule has 7 nitrogen and oxygen atoms in total. The molecule has 188 valence electrons. The van der Waals surface area contributed by atoms with Crippen LogP contribution in [-0.4, -0.2) is 46.5 Å². The number of likely N-dealkylation sites (N-methyl/N-ethyl adjacent to an activating group) is 1. The lowest BCUT2D eigenvalue weighted by molar-refractivity contribution is 0.108. The van der Waals surface area contributed by atoms with Crippen LogP contribution in [0.15, 0.2) is 28.8 Å². The Morgan fingerprint density at radius 2 is 1.94 bits per heavy atom. The zero-order valence-corrected chi connectivity index (χ0v) is 21.4. The number of nitrogens with zero attached hydrogens (tertiary/aromatic N) is 3. The van der Waals surface area contributed by atoms with Gasteiger partial charge >= 0.3 is 0 Å². The van der Waals surface area contributed by atoms with E-state index in [0.717, 1.165) is 58.3 Å². The maximum absolute atomic E-state index is 10.00. The molecule has 1 aliphatic rings. The SMILES string of the molecule is CNCC(O)COc1cccc(-c2nc(CCC3CCCCC3)c(C)c(-c3c(C)noc3C)n2)c1. The second-order valence-corrected chi connectivity index (χ2v) is 9.76. The minimum Gasteiger partial charge on any atom is -0.491 e. The molecule has 0 radical (unpaired) electrons. The first kappa shape index (κ1) is 25.3. The molecule has 1 unspecified atom stereocenters. The van der Waals surface area contributed by atoms with Gasteiger partial charge in [0.2, 0.25) is 0 Å². The summed E-state index contributed by atoms with van der Waals surface area (Å²) >= 11 is 0. The van der Waals surface area contributed by atoms with Crippen molar-refractivity contribution >= 4 is 0 Å². The topological polar surface area (TPSA) is 93.3 Å². The third-order valence-electron chi connectivity index (χ3n) is 7.01. The zero-order chi connectivity index (χ0) is 24.8. The van der Waals surface area contributed by atoms with E-state index in [0.29, 0.717) is 18.1 Å². The molecule has 0 aliphatic heterocycles. The lowest BCUT2D eigenvalue weighted by atomic mass is 9.85. The summed E-state index contributed by atoms with van der Waals surface area (Å²) in [6.07, 6.45) is 8.24. The predicted molar refractivity (Wildman–Crippen MR) is 138 cm³/mol. The fraction of sp³-hybridized carbons (Fsp3) is 0.536. The Hall–Kier alpha value is -2.77. The summed E-state index contributed by atoms with van der Waals surface area (Å²) in [4.78, 5) is 10.0. The molecule has 0 saturated heterocycles. The van der Waals surface area contributed by atoms with Crippen LogP contribution in [0.1, 0.15) is 61.2 Å². The van der Waals surface area contributed by atoms with Gasteiger partial charge in [0.05, 0.1) is 17.0 Å². The Kier molecular flexibility index (Phi) is 8.52. The molecule has 2 N–H and O–H groups in total. The van der Waals surface area contributed by atoms with E-state index < -0.39 is 6.10 Å². The smallest absolute Gasteiger partial charge is 0.160 e. The summed E-state index contributed by atoms with van der Waals surface area (Å²) in [5, 5.41) is 17.1. The van der Waals surface area contributed by atoms with E-state index in [9.17, 15) is 5.11 Å². The molecule has 0 bridgehead atoms. The third-order valence-corrected chi connectivity index (χ3v) is 7.01. The van der Waals surface area contributed by atoms with E-state index in [1.54, 1.807) is 7.05 Å². The van der Waals surface area contributed by atoms with Crippen molar-refractivity contribution in [2.24, 2.45) is 5.92 Å². The van der Waals surface area contributed by atoms with Crippen molar-refractivity contribution in [2.45, 2.75) is 71.8 Å². The van der Waals surface area contributed by atoms with E-state index in [4.69, 9.17) is 19.2 Å². The predicted octanol–water partition coefficient (Wildman–Crippen LogP) is 5.20. The van der Waals surface area contributed by atoms with Gasteiger partial charge in [-0.3, -0.25) is 0 Å². The van der Waals surface area contributed by atoms with Crippen molar-refractivity contribution in [3.63, 3.8) is 0 Å². The first-order chi connectivity index (χ1) is 17.0. The summed E-state index contributed by atoms with van der Waals surface area (Å²) in [5.41, 5.74) is 5.75. The molecule has 2 aromatic heterocycles. The molecule has 35 heavy (non-hydrogen) atoms. The summed E-state index contributed by atoms with van der Waals surface area (Å²) in [6.45, 7) is 6.70. The normalized spacial score (nSPS) is 15.3. The zero-order valence-electron chi connectivity index (χ0n) is 21.4. The molecule has 0 amide bonds. The highest BCUT2D eigenvalue weighted by Gasteiger charge is 2.21. The maximum Gasteiger partial charge on any atom is 0.160 e. The van der Waals surface area contributed by atoms with Crippen molar-refractivity contribution in [1.82, 2.24) is 20.4 Å². The van der Waals surface area contributed by atoms with Gasteiger partial charge in [-0.25, -0.2) is 9.97 Å². The maximum atomic E-state index is 10.00. The van der Waals surface area contributed by atoms with Gasteiger partial charge in [0, 0.05) is 17.8 Å². The second kappa shape index (κ2) is 11.8. The number of hydrogen-bond acceptors (Lipinski definition) is 7. The standard InChI is InChI=1S/C28H38N4O3/c1-18-25(14-13-21-9-6-5-7-10-21)30-28(31-27(18)26-19(2)32-35-20(26)3)22-11-8-12-24(15-22)34-17-23(33)16-29-4/h8,11-12,15,21,23,29,33H,5-7,9-10,13-14,16-17H2,1-4H3. The number of aromatic nitrogens is 3. The molecule has 1 aliphatic carbocycles. The molecular formula is C28H38N4O3. The van der Waals surface area contributed by atoms with Crippen molar-refractivity contribution < 1.29 is 14.4 Å². The Balaban J connectivity index is 1.67. The molecule has 1 fully saturated rings. The van der Waals surface area contributed by atoms with E-state index in [1.165, 1.54) is 32.1 Å². The van der Waals surface area contributed by atoms with Gasteiger partial charge < -0.3 is 19.7 Å². The first-order valence-corrected chi connectivity index (χ1v) is 12.8. The van der Waals surface area contributed by atoms with Crippen molar-refractivity contribution in [3.05, 3.63) is 47.0 Å². The number of rotatable bonds is 10. The lowest BCUT2D eigenvalue weighted by Crippen LogP contribution is -2.29. The van der Waals surface area contributed by atoms with Gasteiger partial charge in [-0.15, -0.1) is 0 Å². The minimum atomic E-state index is -0.572. The van der Waals surface area contributed by atoms with E-state index in [1.807, 2.05) is 38.1 Å². The van der Waals surface area contributed by atoms with Gasteiger partial charge in [0.1, 0.15) is 24.2 Å². The Morgan fingerprint density at radius 3 is 2.66 bits per heavy atom. The van der Waals surface area contributed by atoms with E-state index in [-0.39, 0.29) is 6.61 Å². The minimum absolute atomic E-state index is 0.218. The van der Waals surface area contributed by atoms with Gasteiger partial charge in [-0.1, -0.05) is 49.4 Å².